The van der Waals surface area contributed by atoms with Gasteiger partial charge in [-0.2, -0.15) is 0 Å². The monoisotopic (exact) mass is 372 g/mol. The molecule has 0 fully saturated rings. The Morgan fingerprint density at radius 2 is 1.58 bits per heavy atom. The molecule has 0 saturated carbocycles. The molecule has 0 heterocycles. The van der Waals surface area contributed by atoms with Gasteiger partial charge >= 0.3 is 8.80 Å². The predicted octanol–water partition coefficient (Wildman–Crippen LogP) is 3.76. The van der Waals surface area contributed by atoms with Gasteiger partial charge in [-0.15, -0.1) is 0 Å². The van der Waals surface area contributed by atoms with E-state index >= 15 is 0 Å². The number of rotatable bonds is 13. The van der Waals surface area contributed by atoms with Crippen LogP contribution in [0, 0.1) is 0 Å². The summed E-state index contributed by atoms with van der Waals surface area (Å²) in [4.78, 5) is 11.9. The maximum absolute atomic E-state index is 11.9. The fourth-order valence-corrected chi connectivity index (χ4v) is 5.70. The number of thioether (sulfide) groups is 1. The third-order valence-corrected chi connectivity index (χ3v) is 7.17. The fraction of sp³-hybridized carbons (Fsp3) is 0.588. The van der Waals surface area contributed by atoms with Crippen LogP contribution in [0.2, 0.25) is 6.04 Å². The highest BCUT2D eigenvalue weighted by atomic mass is 32.2. The van der Waals surface area contributed by atoms with E-state index in [1.807, 2.05) is 51.1 Å². The van der Waals surface area contributed by atoms with E-state index in [0.29, 0.717) is 31.3 Å². The largest absolute Gasteiger partial charge is 0.500 e. The Morgan fingerprint density at radius 3 is 2.12 bits per heavy atom. The molecule has 0 unspecified atom stereocenters. The third-order valence-electron chi connectivity index (χ3n) is 3.08. The van der Waals surface area contributed by atoms with Crippen LogP contribution in [0.15, 0.2) is 30.3 Å². The lowest BCUT2D eigenvalue weighted by Gasteiger charge is -2.28. The van der Waals surface area contributed by atoms with Crippen molar-refractivity contribution in [2.24, 2.45) is 0 Å². The van der Waals surface area contributed by atoms with Gasteiger partial charge < -0.3 is 18.0 Å². The number of ether oxygens (including phenoxy) is 1. The minimum Gasteiger partial charge on any atom is -0.485 e. The molecule has 1 aromatic rings. The highest BCUT2D eigenvalue weighted by Gasteiger charge is 2.39. The van der Waals surface area contributed by atoms with Crippen LogP contribution in [0.4, 0.5) is 0 Å². The predicted molar refractivity (Wildman–Crippen MR) is 99.5 cm³/mol. The van der Waals surface area contributed by atoms with Crippen LogP contribution in [0.25, 0.3) is 0 Å². The summed E-state index contributed by atoms with van der Waals surface area (Å²) >= 11 is 1.28. The number of hydrogen-bond donors (Lipinski definition) is 0. The highest BCUT2D eigenvalue weighted by Crippen LogP contribution is 2.20. The first-order valence-electron chi connectivity index (χ1n) is 8.41. The number of carbonyl (C=O) groups excluding carboxylic acids is 1. The molecule has 0 atom stereocenters. The zero-order valence-corrected chi connectivity index (χ0v) is 16.6. The summed E-state index contributed by atoms with van der Waals surface area (Å²) in [5.74, 6) is 1.42. The standard InChI is InChI=1S/C17H28O5SSi/c1-4-20-24(21-5-2,22-6-3)14-10-13-23-17(18)15-19-16-11-8-7-9-12-16/h7-9,11-12H,4-6,10,13-15H2,1-3H3. The molecule has 0 aliphatic heterocycles. The van der Waals surface area contributed by atoms with Crippen LogP contribution >= 0.6 is 11.8 Å². The van der Waals surface area contributed by atoms with E-state index in [1.54, 1.807) is 0 Å². The molecule has 0 bridgehead atoms. The molecule has 0 spiro atoms. The number of carbonyl (C=O) groups is 1. The Morgan fingerprint density at radius 1 is 1.00 bits per heavy atom. The molecular formula is C17H28O5SSi. The molecule has 7 heteroatoms. The fourth-order valence-electron chi connectivity index (χ4n) is 2.18. The average molecular weight is 373 g/mol. The van der Waals surface area contributed by atoms with E-state index in [0.717, 1.165) is 12.5 Å². The zero-order chi connectivity index (χ0) is 17.7. The molecular weight excluding hydrogens is 344 g/mol. The highest BCUT2D eigenvalue weighted by molar-refractivity contribution is 8.13. The lowest BCUT2D eigenvalue weighted by molar-refractivity contribution is -0.112. The molecule has 0 aliphatic carbocycles. The van der Waals surface area contributed by atoms with Crippen LogP contribution in [0.3, 0.4) is 0 Å². The number of para-hydroxylation sites is 1. The summed E-state index contributed by atoms with van der Waals surface area (Å²) in [5, 5.41) is 0.0235. The SMILES string of the molecule is CCO[Si](CCCSC(=O)COc1ccccc1)(OCC)OCC. The topological polar surface area (TPSA) is 54.0 Å². The Bertz CT molecular complexity index is 441. The van der Waals surface area contributed by atoms with Gasteiger partial charge in [-0.25, -0.2) is 0 Å². The second-order valence-electron chi connectivity index (χ2n) is 4.91. The zero-order valence-electron chi connectivity index (χ0n) is 14.8. The van der Waals surface area contributed by atoms with Gasteiger partial charge in [0, 0.05) is 31.6 Å². The molecule has 1 rings (SSSR count). The Balaban J connectivity index is 2.29. The third kappa shape index (κ3) is 8.30. The van der Waals surface area contributed by atoms with Crippen molar-refractivity contribution >= 4 is 25.7 Å². The smallest absolute Gasteiger partial charge is 0.485 e. The summed E-state index contributed by atoms with van der Waals surface area (Å²) in [7, 11) is -2.59. The van der Waals surface area contributed by atoms with Crippen molar-refractivity contribution in [3.05, 3.63) is 30.3 Å². The van der Waals surface area contributed by atoms with Gasteiger partial charge in [0.2, 0.25) is 5.12 Å². The summed E-state index contributed by atoms with van der Waals surface area (Å²) < 4.78 is 22.8. The van der Waals surface area contributed by atoms with Crippen LogP contribution in [-0.2, 0) is 18.1 Å². The molecule has 24 heavy (non-hydrogen) atoms. The first-order valence-corrected chi connectivity index (χ1v) is 11.3. The van der Waals surface area contributed by atoms with Crippen molar-refractivity contribution in [1.82, 2.24) is 0 Å². The van der Waals surface area contributed by atoms with Gasteiger partial charge in [0.15, 0.2) is 6.61 Å². The average Bonchev–Trinajstić information content (AvgIpc) is 2.59. The maximum Gasteiger partial charge on any atom is 0.500 e. The van der Waals surface area contributed by atoms with Crippen molar-refractivity contribution in [2.75, 3.05) is 32.2 Å². The number of benzene rings is 1. The van der Waals surface area contributed by atoms with Gasteiger partial charge in [-0.05, 0) is 39.3 Å². The quantitative estimate of drug-likeness (QED) is 0.388. The molecule has 0 amide bonds. The molecule has 0 saturated heterocycles. The molecule has 5 nitrogen and oxygen atoms in total. The van der Waals surface area contributed by atoms with Crippen molar-refractivity contribution < 1.29 is 22.8 Å². The van der Waals surface area contributed by atoms with E-state index in [-0.39, 0.29) is 11.7 Å². The Hall–Kier alpha value is -0.863. The van der Waals surface area contributed by atoms with Crippen molar-refractivity contribution in [3.63, 3.8) is 0 Å². The minimum absolute atomic E-state index is 0.0235. The Kier molecular flexibility index (Phi) is 11.0. The van der Waals surface area contributed by atoms with Crippen molar-refractivity contribution in [2.45, 2.75) is 33.2 Å². The van der Waals surface area contributed by atoms with Gasteiger partial charge in [-0.1, -0.05) is 30.0 Å². The minimum atomic E-state index is -2.59. The molecule has 0 N–H and O–H groups in total. The Labute approximate surface area is 150 Å². The van der Waals surface area contributed by atoms with Crippen LogP contribution < -0.4 is 4.74 Å². The van der Waals surface area contributed by atoms with E-state index in [9.17, 15) is 4.79 Å². The van der Waals surface area contributed by atoms with E-state index < -0.39 is 8.80 Å². The van der Waals surface area contributed by atoms with E-state index in [2.05, 4.69) is 0 Å². The van der Waals surface area contributed by atoms with Gasteiger partial charge in [0.25, 0.3) is 0 Å². The second-order valence-corrected chi connectivity index (χ2v) is 8.79. The first kappa shape index (κ1) is 21.2. The first-order chi connectivity index (χ1) is 11.7. The van der Waals surface area contributed by atoms with Gasteiger partial charge in [0.05, 0.1) is 0 Å². The molecule has 0 radical (unpaired) electrons. The molecule has 0 aliphatic rings. The lowest BCUT2D eigenvalue weighted by Crippen LogP contribution is -2.46. The molecule has 1 aromatic carbocycles. The van der Waals surface area contributed by atoms with Crippen LogP contribution in [0.1, 0.15) is 27.2 Å². The summed E-state index contributed by atoms with van der Waals surface area (Å²) in [6.07, 6.45) is 0.813. The summed E-state index contributed by atoms with van der Waals surface area (Å²) in [5.41, 5.74) is 0. The van der Waals surface area contributed by atoms with E-state index in [4.69, 9.17) is 18.0 Å². The van der Waals surface area contributed by atoms with Crippen molar-refractivity contribution in [1.29, 1.82) is 0 Å². The van der Waals surface area contributed by atoms with E-state index in [1.165, 1.54) is 11.8 Å². The second kappa shape index (κ2) is 12.5. The number of hydrogen-bond acceptors (Lipinski definition) is 6. The van der Waals surface area contributed by atoms with Gasteiger partial charge in [0.1, 0.15) is 5.75 Å². The van der Waals surface area contributed by atoms with Crippen LogP contribution in [-0.4, -0.2) is 46.1 Å². The van der Waals surface area contributed by atoms with Gasteiger partial charge in [-0.3, -0.25) is 4.79 Å². The lowest BCUT2D eigenvalue weighted by atomic mass is 10.3. The summed E-state index contributed by atoms with van der Waals surface area (Å²) in [6.45, 7) is 7.63. The summed E-state index contributed by atoms with van der Waals surface area (Å²) in [6, 6.07) is 10.1. The molecule has 0 aromatic heterocycles. The maximum atomic E-state index is 11.9. The van der Waals surface area contributed by atoms with Crippen molar-refractivity contribution in [3.8, 4) is 5.75 Å². The van der Waals surface area contributed by atoms with Crippen LogP contribution in [0.5, 0.6) is 5.75 Å². The normalized spacial score (nSPS) is 11.5. The molecule has 136 valence electrons.